The van der Waals surface area contributed by atoms with E-state index in [1.165, 1.54) is 0 Å². The summed E-state index contributed by atoms with van der Waals surface area (Å²) in [5.74, 6) is -0.701. The van der Waals surface area contributed by atoms with Crippen molar-refractivity contribution in [2.75, 3.05) is 11.9 Å². The fourth-order valence-corrected chi connectivity index (χ4v) is 3.88. The van der Waals surface area contributed by atoms with Crippen LogP contribution in [0.3, 0.4) is 0 Å². The van der Waals surface area contributed by atoms with Crippen LogP contribution < -0.4 is 10.6 Å². The molecule has 7 nitrogen and oxygen atoms in total. The number of hydrogen-bond acceptors (Lipinski definition) is 4. The zero-order valence-corrected chi connectivity index (χ0v) is 17.4. The Morgan fingerprint density at radius 2 is 1.97 bits per heavy atom. The average molecular weight is 456 g/mol. The first kappa shape index (κ1) is 19.2. The van der Waals surface area contributed by atoms with Crippen LogP contribution in [0.15, 0.2) is 57.4 Å². The summed E-state index contributed by atoms with van der Waals surface area (Å²) in [7, 11) is 0. The third-order valence-electron chi connectivity index (χ3n) is 4.89. The number of amides is 4. The molecule has 0 bridgehead atoms. The summed E-state index contributed by atoms with van der Waals surface area (Å²) in [5, 5.41) is 6.19. The summed E-state index contributed by atoms with van der Waals surface area (Å²) in [6.45, 7) is 3.10. The number of carbonyl (C=O) groups is 3. The lowest BCUT2D eigenvalue weighted by Gasteiger charge is -2.19. The van der Waals surface area contributed by atoms with E-state index in [4.69, 9.17) is 4.42 Å². The largest absolute Gasteiger partial charge is 0.458 e. The number of fused-ring (bicyclic) bond motifs is 1. The lowest BCUT2D eigenvalue weighted by molar-refractivity contribution is -0.134. The number of hydrogen-bond donors (Lipinski definition) is 2. The van der Waals surface area contributed by atoms with Gasteiger partial charge in [0.15, 0.2) is 5.54 Å². The van der Waals surface area contributed by atoms with Crippen LogP contribution in [-0.4, -0.2) is 29.3 Å². The Labute approximate surface area is 175 Å². The number of furan rings is 1. The van der Waals surface area contributed by atoms with Crippen LogP contribution in [0.1, 0.15) is 18.2 Å². The fourth-order valence-electron chi connectivity index (χ4n) is 3.29. The van der Waals surface area contributed by atoms with Gasteiger partial charge in [0.2, 0.25) is 5.91 Å². The van der Waals surface area contributed by atoms with Gasteiger partial charge in [-0.1, -0.05) is 24.3 Å². The number of halogens is 1. The van der Waals surface area contributed by atoms with Gasteiger partial charge in [0.05, 0.1) is 5.69 Å². The molecule has 4 amide bonds. The van der Waals surface area contributed by atoms with Crippen molar-refractivity contribution < 1.29 is 18.8 Å². The van der Waals surface area contributed by atoms with E-state index in [-0.39, 0.29) is 0 Å². The van der Waals surface area contributed by atoms with Crippen LogP contribution in [0.4, 0.5) is 10.5 Å². The normalized spacial score (nSPS) is 18.9. The first-order valence-corrected chi connectivity index (χ1v) is 9.76. The fraction of sp³-hybridized carbons (Fsp3) is 0.190. The molecule has 3 aromatic rings. The Kier molecular flexibility index (Phi) is 4.66. The van der Waals surface area contributed by atoms with Crippen LogP contribution >= 0.6 is 15.9 Å². The maximum atomic E-state index is 13.0. The predicted octanol–water partition coefficient (Wildman–Crippen LogP) is 3.91. The summed E-state index contributed by atoms with van der Waals surface area (Å²) in [6, 6.07) is 13.9. The molecule has 2 N–H and O–H groups in total. The van der Waals surface area contributed by atoms with E-state index in [1.807, 2.05) is 37.3 Å². The molecular formula is C21H18BrN3O4. The first-order valence-electron chi connectivity index (χ1n) is 8.97. The second-order valence-electron chi connectivity index (χ2n) is 7.13. The monoisotopic (exact) mass is 455 g/mol. The minimum Gasteiger partial charge on any atom is -0.458 e. The maximum Gasteiger partial charge on any atom is 0.325 e. The average Bonchev–Trinajstić information content (AvgIpc) is 3.20. The Morgan fingerprint density at radius 1 is 1.21 bits per heavy atom. The number of carbonyl (C=O) groups excluding carboxylic acids is 3. The SMILES string of the molecule is Cc1ccc(NC(=O)CN2C(=O)NC(C)(c3cc4ccccc4o3)C2=O)c(Br)c1. The molecule has 8 heteroatoms. The number of urea groups is 1. The molecule has 1 fully saturated rings. The van der Waals surface area contributed by atoms with Crippen LogP contribution in [0.5, 0.6) is 0 Å². The smallest absolute Gasteiger partial charge is 0.325 e. The number of anilines is 1. The molecular weight excluding hydrogens is 438 g/mol. The van der Waals surface area contributed by atoms with Gasteiger partial charge in [-0.3, -0.25) is 14.5 Å². The summed E-state index contributed by atoms with van der Waals surface area (Å²) < 4.78 is 6.50. The van der Waals surface area contributed by atoms with E-state index in [0.29, 0.717) is 17.0 Å². The highest BCUT2D eigenvalue weighted by molar-refractivity contribution is 9.10. The molecule has 148 valence electrons. The van der Waals surface area contributed by atoms with Gasteiger partial charge < -0.3 is 15.1 Å². The van der Waals surface area contributed by atoms with Crippen molar-refractivity contribution in [3.8, 4) is 0 Å². The van der Waals surface area contributed by atoms with E-state index in [1.54, 1.807) is 25.1 Å². The highest BCUT2D eigenvalue weighted by Gasteiger charge is 2.51. The van der Waals surface area contributed by atoms with Gasteiger partial charge >= 0.3 is 6.03 Å². The van der Waals surface area contributed by atoms with Gasteiger partial charge in [-0.25, -0.2) is 4.79 Å². The van der Waals surface area contributed by atoms with E-state index < -0.39 is 29.9 Å². The number of nitrogens with one attached hydrogen (secondary N) is 2. The van der Waals surface area contributed by atoms with Gasteiger partial charge in [0.1, 0.15) is 17.9 Å². The quantitative estimate of drug-likeness (QED) is 0.583. The van der Waals surface area contributed by atoms with Gasteiger partial charge in [0, 0.05) is 9.86 Å². The van der Waals surface area contributed by atoms with Crippen molar-refractivity contribution in [3.05, 3.63) is 64.3 Å². The van der Waals surface area contributed by atoms with Gasteiger partial charge in [0.25, 0.3) is 5.91 Å². The highest BCUT2D eigenvalue weighted by Crippen LogP contribution is 2.33. The molecule has 2 aromatic carbocycles. The van der Waals surface area contributed by atoms with Crippen molar-refractivity contribution in [2.45, 2.75) is 19.4 Å². The third-order valence-corrected chi connectivity index (χ3v) is 5.55. The molecule has 0 saturated carbocycles. The molecule has 2 heterocycles. The van der Waals surface area contributed by atoms with E-state index in [0.717, 1.165) is 20.3 Å². The number of nitrogens with zero attached hydrogens (tertiary/aromatic N) is 1. The van der Waals surface area contributed by atoms with Crippen molar-refractivity contribution in [2.24, 2.45) is 0 Å². The van der Waals surface area contributed by atoms with Gasteiger partial charge in [-0.15, -0.1) is 0 Å². The van der Waals surface area contributed by atoms with Crippen molar-refractivity contribution in [3.63, 3.8) is 0 Å². The van der Waals surface area contributed by atoms with Crippen LogP contribution in [-0.2, 0) is 15.1 Å². The minimum absolute atomic E-state index is 0.321. The Hall–Kier alpha value is -3.13. The zero-order chi connectivity index (χ0) is 20.8. The number of benzene rings is 2. The zero-order valence-electron chi connectivity index (χ0n) is 15.8. The molecule has 0 aliphatic carbocycles. The third kappa shape index (κ3) is 3.40. The topological polar surface area (TPSA) is 91.7 Å². The molecule has 1 saturated heterocycles. The number of para-hydroxylation sites is 1. The standard InChI is InChI=1S/C21H18BrN3O4/c1-12-7-8-15(14(22)9-12)23-18(26)11-25-19(27)21(2,24-20(25)28)17-10-13-5-3-4-6-16(13)29-17/h3-10H,11H2,1-2H3,(H,23,26)(H,24,28). The predicted molar refractivity (Wildman–Crippen MR) is 111 cm³/mol. The maximum absolute atomic E-state index is 13.0. The molecule has 1 aliphatic rings. The van der Waals surface area contributed by atoms with Gasteiger partial charge in [-0.2, -0.15) is 0 Å². The molecule has 4 rings (SSSR count). The van der Waals surface area contributed by atoms with Crippen LogP contribution in [0, 0.1) is 6.92 Å². The molecule has 0 radical (unpaired) electrons. The number of imide groups is 1. The molecule has 1 atom stereocenters. The van der Waals surface area contributed by atoms with Crippen molar-refractivity contribution >= 4 is 50.4 Å². The second-order valence-corrected chi connectivity index (χ2v) is 7.98. The first-order chi connectivity index (χ1) is 13.8. The van der Waals surface area contributed by atoms with Gasteiger partial charge in [-0.05, 0) is 59.6 Å². The Balaban J connectivity index is 1.53. The Morgan fingerprint density at radius 3 is 2.69 bits per heavy atom. The van der Waals surface area contributed by atoms with Crippen LogP contribution in [0.2, 0.25) is 0 Å². The molecule has 0 spiro atoms. The lowest BCUT2D eigenvalue weighted by atomic mass is 9.99. The van der Waals surface area contributed by atoms with E-state index >= 15 is 0 Å². The number of aryl methyl sites for hydroxylation is 1. The van der Waals surface area contributed by atoms with Crippen molar-refractivity contribution in [1.82, 2.24) is 10.2 Å². The summed E-state index contributed by atoms with van der Waals surface area (Å²) >= 11 is 3.39. The van der Waals surface area contributed by atoms with Crippen LogP contribution in [0.25, 0.3) is 11.0 Å². The van der Waals surface area contributed by atoms with E-state index in [9.17, 15) is 14.4 Å². The van der Waals surface area contributed by atoms with Crippen molar-refractivity contribution in [1.29, 1.82) is 0 Å². The summed E-state index contributed by atoms with van der Waals surface area (Å²) in [6.07, 6.45) is 0. The molecule has 1 unspecified atom stereocenters. The molecule has 1 aromatic heterocycles. The summed E-state index contributed by atoms with van der Waals surface area (Å²) in [5.41, 5.74) is 0.838. The highest BCUT2D eigenvalue weighted by atomic mass is 79.9. The Bertz CT molecular complexity index is 1120. The molecule has 1 aliphatic heterocycles. The minimum atomic E-state index is -1.37. The molecule has 29 heavy (non-hydrogen) atoms. The second kappa shape index (κ2) is 7.04. The summed E-state index contributed by atoms with van der Waals surface area (Å²) in [4.78, 5) is 38.8. The number of rotatable bonds is 4. The van der Waals surface area contributed by atoms with E-state index in [2.05, 4.69) is 26.6 Å². The lowest BCUT2D eigenvalue weighted by Crippen LogP contribution is -2.41.